The Morgan fingerprint density at radius 2 is 1.38 bits per heavy atom. The van der Waals surface area contributed by atoms with Crippen molar-refractivity contribution in [3.05, 3.63) is 12.2 Å². The van der Waals surface area contributed by atoms with E-state index < -0.39 is 41.6 Å². The average molecular weight is 370 g/mol. The molecule has 26 heavy (non-hydrogen) atoms. The number of ether oxygens (including phenoxy) is 5. The van der Waals surface area contributed by atoms with E-state index in [1.165, 1.54) is 0 Å². The van der Waals surface area contributed by atoms with Gasteiger partial charge in [0.05, 0.1) is 12.7 Å². The number of epoxide rings is 1. The van der Waals surface area contributed by atoms with Gasteiger partial charge in [-0.25, -0.2) is 0 Å². The van der Waals surface area contributed by atoms with Crippen LogP contribution in [-0.4, -0.2) is 72.6 Å². The van der Waals surface area contributed by atoms with Gasteiger partial charge < -0.3 is 33.9 Å². The van der Waals surface area contributed by atoms with E-state index in [9.17, 15) is 10.2 Å². The van der Waals surface area contributed by atoms with Gasteiger partial charge in [0.15, 0.2) is 11.6 Å². The van der Waals surface area contributed by atoms with Crippen LogP contribution in [0.1, 0.15) is 39.5 Å². The molecule has 7 nitrogen and oxygen atoms in total. The molecule has 0 bridgehead atoms. The fourth-order valence-electron chi connectivity index (χ4n) is 4.58. The van der Waals surface area contributed by atoms with Crippen LogP contribution in [0.25, 0.3) is 0 Å². The summed E-state index contributed by atoms with van der Waals surface area (Å²) in [5, 5.41) is 21.4. The normalized spacial score (nSPS) is 52.7. The highest BCUT2D eigenvalue weighted by atomic mass is 16.7. The lowest BCUT2D eigenvalue weighted by molar-refractivity contribution is -0.290. The molecule has 3 heterocycles. The Labute approximate surface area is 154 Å². The Bertz CT molecular complexity index is 534. The van der Waals surface area contributed by atoms with Crippen LogP contribution in [0.4, 0.5) is 0 Å². The van der Waals surface area contributed by atoms with Crippen molar-refractivity contribution in [2.24, 2.45) is 5.41 Å². The van der Waals surface area contributed by atoms with Gasteiger partial charge in [0, 0.05) is 32.5 Å². The molecule has 0 radical (unpaired) electrons. The highest BCUT2D eigenvalue weighted by Crippen LogP contribution is 2.59. The molecule has 7 heteroatoms. The van der Waals surface area contributed by atoms with Crippen molar-refractivity contribution in [2.75, 3.05) is 20.8 Å². The first-order chi connectivity index (χ1) is 12.2. The summed E-state index contributed by atoms with van der Waals surface area (Å²) in [5.41, 5.74) is -0.741. The molecule has 4 aliphatic rings. The minimum absolute atomic E-state index is 0.133. The molecule has 3 aliphatic heterocycles. The summed E-state index contributed by atoms with van der Waals surface area (Å²) >= 11 is 0. The summed E-state index contributed by atoms with van der Waals surface area (Å²) in [4.78, 5) is 0. The van der Waals surface area contributed by atoms with E-state index >= 15 is 0 Å². The quantitative estimate of drug-likeness (QED) is 0.566. The summed E-state index contributed by atoms with van der Waals surface area (Å²) in [6.45, 7) is 4.24. The van der Waals surface area contributed by atoms with Crippen LogP contribution >= 0.6 is 0 Å². The minimum Gasteiger partial charge on any atom is -0.389 e. The topological polar surface area (TPSA) is 89.9 Å². The molecule has 0 aromatic heterocycles. The number of aliphatic hydroxyl groups excluding tert-OH is 2. The molecule has 0 aromatic carbocycles. The van der Waals surface area contributed by atoms with Crippen LogP contribution in [0.2, 0.25) is 0 Å². The van der Waals surface area contributed by atoms with Crippen molar-refractivity contribution in [2.45, 2.75) is 81.1 Å². The number of methoxy groups -OCH3 is 2. The van der Waals surface area contributed by atoms with Crippen molar-refractivity contribution >= 4 is 0 Å². The average Bonchev–Trinajstić information content (AvgIpc) is 3.53. The molecular weight excluding hydrogens is 340 g/mol. The van der Waals surface area contributed by atoms with Gasteiger partial charge in [0.25, 0.3) is 0 Å². The van der Waals surface area contributed by atoms with Crippen molar-refractivity contribution in [3.8, 4) is 0 Å². The molecule has 1 saturated carbocycles. The van der Waals surface area contributed by atoms with E-state index in [-0.39, 0.29) is 5.41 Å². The molecular formula is C19H30O7. The van der Waals surface area contributed by atoms with Crippen molar-refractivity contribution in [1.29, 1.82) is 0 Å². The molecule has 2 N–H and O–H groups in total. The third-order valence-electron chi connectivity index (χ3n) is 6.61. The van der Waals surface area contributed by atoms with Crippen molar-refractivity contribution < 1.29 is 33.9 Å². The summed E-state index contributed by atoms with van der Waals surface area (Å²) in [6.07, 6.45) is 4.16. The zero-order valence-corrected chi connectivity index (χ0v) is 15.9. The third-order valence-corrected chi connectivity index (χ3v) is 6.61. The molecule has 3 saturated heterocycles. The number of hydrogen-bond acceptors (Lipinski definition) is 7. The van der Waals surface area contributed by atoms with E-state index in [1.54, 1.807) is 26.4 Å². The second-order valence-corrected chi connectivity index (χ2v) is 8.68. The molecule has 4 fully saturated rings. The molecule has 0 aromatic rings. The zero-order chi connectivity index (χ0) is 18.8. The molecule has 2 spiro atoms. The predicted molar refractivity (Wildman–Crippen MR) is 91.3 cm³/mol. The Morgan fingerprint density at radius 1 is 0.885 bits per heavy atom. The van der Waals surface area contributed by atoms with Gasteiger partial charge in [0.1, 0.15) is 23.9 Å². The summed E-state index contributed by atoms with van der Waals surface area (Å²) in [6, 6.07) is 0. The van der Waals surface area contributed by atoms with Gasteiger partial charge in [-0.05, 0) is 26.7 Å². The molecule has 0 unspecified atom stereocenters. The first-order valence-electron chi connectivity index (χ1n) is 9.33. The van der Waals surface area contributed by atoms with Crippen LogP contribution in [0.5, 0.6) is 0 Å². The Morgan fingerprint density at radius 3 is 1.85 bits per heavy atom. The summed E-state index contributed by atoms with van der Waals surface area (Å²) < 4.78 is 28.6. The first kappa shape index (κ1) is 18.8. The standard InChI is InChI=1S/C19H30O7/c1-16(22-3)9-18(7-8-18)14(20)12(25-16)5-6-13-15(21)19(11-24-19)10-17(2,23-4)26-13/h5-6,12-15,20-21H,7-11H2,1-4H3/b6-5+/t12-,13-,14-,15-,16+,17+,19-/m1/s1. The monoisotopic (exact) mass is 370 g/mol. The zero-order valence-electron chi connectivity index (χ0n) is 15.9. The Balaban J connectivity index is 1.52. The van der Waals surface area contributed by atoms with Crippen molar-refractivity contribution in [1.82, 2.24) is 0 Å². The van der Waals surface area contributed by atoms with Gasteiger partial charge in [-0.2, -0.15) is 0 Å². The molecule has 148 valence electrons. The minimum atomic E-state index is -0.824. The highest BCUT2D eigenvalue weighted by molar-refractivity contribution is 5.16. The van der Waals surface area contributed by atoms with E-state index in [4.69, 9.17) is 23.7 Å². The molecule has 4 rings (SSSR count). The number of aliphatic hydroxyl groups is 2. The summed E-state index contributed by atoms with van der Waals surface area (Å²) in [7, 11) is 3.21. The summed E-state index contributed by atoms with van der Waals surface area (Å²) in [5.74, 6) is -1.55. The highest BCUT2D eigenvalue weighted by Gasteiger charge is 2.62. The SMILES string of the molecule is CO[C@]1(C)CC2(CC2)[C@H](O)[C@@H](/C=C/[C@H]2O[C@](C)(OC)C[C@@]3(CO3)[C@@H]2O)O1. The van der Waals surface area contributed by atoms with Crippen LogP contribution in [0.3, 0.4) is 0 Å². The maximum absolute atomic E-state index is 10.8. The maximum Gasteiger partial charge on any atom is 0.169 e. The van der Waals surface area contributed by atoms with Crippen LogP contribution < -0.4 is 0 Å². The Hall–Kier alpha value is -0.540. The number of rotatable bonds is 4. The Kier molecular flexibility index (Phi) is 4.32. The lowest BCUT2D eigenvalue weighted by atomic mass is 9.83. The second-order valence-electron chi connectivity index (χ2n) is 8.68. The van der Waals surface area contributed by atoms with Crippen LogP contribution in [-0.2, 0) is 23.7 Å². The first-order valence-corrected chi connectivity index (χ1v) is 9.33. The molecule has 1 aliphatic carbocycles. The fourth-order valence-corrected chi connectivity index (χ4v) is 4.58. The third kappa shape index (κ3) is 3.03. The second kappa shape index (κ2) is 5.98. The van der Waals surface area contributed by atoms with Gasteiger partial charge >= 0.3 is 0 Å². The van der Waals surface area contributed by atoms with E-state index in [0.717, 1.165) is 12.8 Å². The van der Waals surface area contributed by atoms with Gasteiger partial charge in [-0.3, -0.25) is 0 Å². The van der Waals surface area contributed by atoms with Gasteiger partial charge in [-0.15, -0.1) is 0 Å². The van der Waals surface area contributed by atoms with Crippen LogP contribution in [0.15, 0.2) is 12.2 Å². The van der Waals surface area contributed by atoms with E-state index in [2.05, 4.69) is 0 Å². The number of hydrogen-bond donors (Lipinski definition) is 2. The van der Waals surface area contributed by atoms with Gasteiger partial charge in [-0.1, -0.05) is 12.2 Å². The fraction of sp³-hybridized carbons (Fsp3) is 0.895. The molecule has 0 amide bonds. The molecule has 7 atom stereocenters. The lowest BCUT2D eigenvalue weighted by Gasteiger charge is -2.45. The van der Waals surface area contributed by atoms with Crippen LogP contribution in [0, 0.1) is 5.41 Å². The predicted octanol–water partition coefficient (Wildman–Crippen LogP) is 1.12. The van der Waals surface area contributed by atoms with Gasteiger partial charge in [0.2, 0.25) is 0 Å². The van der Waals surface area contributed by atoms with Crippen molar-refractivity contribution in [3.63, 3.8) is 0 Å². The largest absolute Gasteiger partial charge is 0.389 e. The van der Waals surface area contributed by atoms with E-state index in [1.807, 2.05) is 13.8 Å². The maximum atomic E-state index is 10.8. The smallest absolute Gasteiger partial charge is 0.169 e. The van der Waals surface area contributed by atoms with E-state index in [0.29, 0.717) is 19.4 Å². The lowest BCUT2D eigenvalue weighted by Crippen LogP contribution is -2.56.